The van der Waals surface area contributed by atoms with Gasteiger partial charge in [0.25, 0.3) is 0 Å². The third-order valence-electron chi connectivity index (χ3n) is 3.09. The smallest absolute Gasteiger partial charge is 0.0105 e. The summed E-state index contributed by atoms with van der Waals surface area (Å²) >= 11 is 0. The van der Waals surface area contributed by atoms with Crippen LogP contribution in [0.1, 0.15) is 38.7 Å². The Bertz CT molecular complexity index is 302. The molecule has 1 N–H and O–H groups in total. The van der Waals surface area contributed by atoms with E-state index in [1.807, 2.05) is 0 Å². The molecular weight excluding hydrogens is 194 g/mol. The Morgan fingerprint density at radius 1 is 1.19 bits per heavy atom. The Hall–Kier alpha value is -1.08. The monoisotopic (exact) mass is 217 g/mol. The second kappa shape index (κ2) is 7.24. The summed E-state index contributed by atoms with van der Waals surface area (Å²) in [5.74, 6) is 0.562. The normalized spacial score (nSPS) is 15.2. The van der Waals surface area contributed by atoms with Crippen LogP contribution < -0.4 is 5.32 Å². The molecule has 0 aliphatic heterocycles. The summed E-state index contributed by atoms with van der Waals surface area (Å²) in [6.45, 7) is 7.66. The molecule has 0 amide bonds. The number of benzene rings is 1. The first-order valence-corrected chi connectivity index (χ1v) is 6.15. The predicted octanol–water partition coefficient (Wildman–Crippen LogP) is 3.73. The molecule has 0 spiro atoms. The molecule has 1 rings (SSSR count). The highest BCUT2D eigenvalue weighted by atomic mass is 14.9. The Kier molecular flexibility index (Phi) is 5.87. The van der Waals surface area contributed by atoms with Crippen LogP contribution in [0.15, 0.2) is 42.5 Å². The van der Waals surface area contributed by atoms with Crippen molar-refractivity contribution in [3.05, 3.63) is 48.0 Å². The van der Waals surface area contributed by atoms with Crippen molar-refractivity contribution < 1.29 is 0 Å². The van der Waals surface area contributed by atoms with Crippen molar-refractivity contribution in [1.82, 2.24) is 5.32 Å². The van der Waals surface area contributed by atoms with Crippen molar-refractivity contribution in [2.45, 2.75) is 39.2 Å². The van der Waals surface area contributed by atoms with E-state index in [4.69, 9.17) is 0 Å². The van der Waals surface area contributed by atoms with Crippen molar-refractivity contribution in [2.24, 2.45) is 0 Å². The molecule has 0 fully saturated rings. The lowest BCUT2D eigenvalue weighted by molar-refractivity contribution is 0.486. The number of hydrogen-bond donors (Lipinski definition) is 1. The quantitative estimate of drug-likeness (QED) is 0.565. The molecule has 0 heterocycles. The average molecular weight is 217 g/mol. The zero-order valence-electron chi connectivity index (χ0n) is 10.6. The van der Waals surface area contributed by atoms with Gasteiger partial charge >= 0.3 is 0 Å². The Morgan fingerprint density at radius 3 is 2.50 bits per heavy atom. The van der Waals surface area contributed by atoms with E-state index < -0.39 is 0 Å². The van der Waals surface area contributed by atoms with E-state index in [2.05, 4.69) is 68.6 Å². The highest BCUT2D eigenvalue weighted by Gasteiger charge is 2.12. The van der Waals surface area contributed by atoms with Crippen LogP contribution in [0, 0.1) is 0 Å². The van der Waals surface area contributed by atoms with E-state index in [9.17, 15) is 0 Å². The molecule has 2 unspecified atom stereocenters. The van der Waals surface area contributed by atoms with Gasteiger partial charge in [0.05, 0.1) is 0 Å². The molecule has 16 heavy (non-hydrogen) atoms. The molecule has 1 aromatic carbocycles. The minimum absolute atomic E-state index is 0.521. The van der Waals surface area contributed by atoms with Crippen LogP contribution in [0.25, 0.3) is 0 Å². The van der Waals surface area contributed by atoms with Gasteiger partial charge in [0, 0.05) is 6.04 Å². The second-order valence-electron chi connectivity index (χ2n) is 4.30. The van der Waals surface area contributed by atoms with Crippen molar-refractivity contribution in [3.63, 3.8) is 0 Å². The van der Waals surface area contributed by atoms with Crippen LogP contribution in [0.2, 0.25) is 0 Å². The molecule has 0 aliphatic carbocycles. The van der Waals surface area contributed by atoms with Crippen molar-refractivity contribution in [2.75, 3.05) is 6.54 Å². The topological polar surface area (TPSA) is 12.0 Å². The number of allylic oxidation sites excluding steroid dienone is 1. The van der Waals surface area contributed by atoms with E-state index in [0.717, 1.165) is 13.0 Å². The van der Waals surface area contributed by atoms with Crippen molar-refractivity contribution >= 4 is 0 Å². The third kappa shape index (κ3) is 4.19. The van der Waals surface area contributed by atoms with E-state index in [0.29, 0.717) is 12.0 Å². The van der Waals surface area contributed by atoms with Gasteiger partial charge in [-0.2, -0.15) is 0 Å². The second-order valence-corrected chi connectivity index (χ2v) is 4.30. The number of nitrogens with one attached hydrogen (secondary N) is 1. The van der Waals surface area contributed by atoms with Crippen LogP contribution >= 0.6 is 0 Å². The van der Waals surface area contributed by atoms with Gasteiger partial charge in [0.2, 0.25) is 0 Å². The predicted molar refractivity (Wildman–Crippen MR) is 71.8 cm³/mol. The van der Waals surface area contributed by atoms with Crippen LogP contribution in [-0.4, -0.2) is 12.6 Å². The largest absolute Gasteiger partial charge is 0.313 e. The fraction of sp³-hybridized carbons (Fsp3) is 0.467. The zero-order chi connectivity index (χ0) is 11.8. The van der Waals surface area contributed by atoms with E-state index in [1.54, 1.807) is 0 Å². The summed E-state index contributed by atoms with van der Waals surface area (Å²) in [5, 5.41) is 3.56. The summed E-state index contributed by atoms with van der Waals surface area (Å²) in [5.41, 5.74) is 1.41. The number of hydrogen-bond acceptors (Lipinski definition) is 1. The fourth-order valence-corrected chi connectivity index (χ4v) is 1.78. The number of rotatable bonds is 6. The fourth-order valence-electron chi connectivity index (χ4n) is 1.78. The lowest BCUT2D eigenvalue weighted by atomic mass is 9.94. The molecule has 0 radical (unpaired) electrons. The first-order valence-electron chi connectivity index (χ1n) is 6.15. The summed E-state index contributed by atoms with van der Waals surface area (Å²) in [4.78, 5) is 0. The van der Waals surface area contributed by atoms with Crippen LogP contribution in [0.5, 0.6) is 0 Å². The summed E-state index contributed by atoms with van der Waals surface area (Å²) in [6, 6.07) is 11.2. The van der Waals surface area contributed by atoms with Gasteiger partial charge in [-0.15, -0.1) is 0 Å². The van der Waals surface area contributed by atoms with Crippen LogP contribution in [0.3, 0.4) is 0 Å². The first kappa shape index (κ1) is 13.0. The van der Waals surface area contributed by atoms with Gasteiger partial charge in [0.15, 0.2) is 0 Å². The van der Waals surface area contributed by atoms with Gasteiger partial charge in [-0.05, 0) is 38.3 Å². The molecular formula is C15H23N. The molecule has 1 nitrogen and oxygen atoms in total. The lowest BCUT2D eigenvalue weighted by Crippen LogP contribution is -2.31. The Morgan fingerprint density at radius 2 is 1.88 bits per heavy atom. The molecule has 0 saturated carbocycles. The molecule has 0 aliphatic rings. The molecule has 0 aromatic heterocycles. The highest BCUT2D eigenvalue weighted by molar-refractivity contribution is 5.20. The van der Waals surface area contributed by atoms with Gasteiger partial charge in [0.1, 0.15) is 0 Å². The SMILES string of the molecule is C/C=C/CCNC(C)C(C)c1ccccc1. The summed E-state index contributed by atoms with van der Waals surface area (Å²) in [7, 11) is 0. The molecule has 1 aromatic rings. The maximum absolute atomic E-state index is 3.56. The van der Waals surface area contributed by atoms with Crippen molar-refractivity contribution in [3.8, 4) is 0 Å². The van der Waals surface area contributed by atoms with Crippen LogP contribution in [-0.2, 0) is 0 Å². The highest BCUT2D eigenvalue weighted by Crippen LogP contribution is 2.18. The first-order chi connectivity index (χ1) is 7.75. The summed E-state index contributed by atoms with van der Waals surface area (Å²) in [6.07, 6.45) is 5.42. The van der Waals surface area contributed by atoms with E-state index in [1.165, 1.54) is 5.56 Å². The zero-order valence-corrected chi connectivity index (χ0v) is 10.6. The average Bonchev–Trinajstić information content (AvgIpc) is 2.34. The van der Waals surface area contributed by atoms with Gasteiger partial charge in [-0.25, -0.2) is 0 Å². The molecule has 2 atom stereocenters. The van der Waals surface area contributed by atoms with Gasteiger partial charge in [-0.3, -0.25) is 0 Å². The lowest BCUT2D eigenvalue weighted by Gasteiger charge is -2.21. The maximum atomic E-state index is 3.56. The third-order valence-corrected chi connectivity index (χ3v) is 3.09. The molecule has 1 heteroatoms. The van der Waals surface area contributed by atoms with Gasteiger partial charge in [-0.1, -0.05) is 49.4 Å². The maximum Gasteiger partial charge on any atom is 0.0105 e. The Labute approximate surface area is 99.6 Å². The minimum atomic E-state index is 0.521. The molecule has 0 bridgehead atoms. The van der Waals surface area contributed by atoms with Crippen molar-refractivity contribution in [1.29, 1.82) is 0 Å². The van der Waals surface area contributed by atoms with Gasteiger partial charge < -0.3 is 5.32 Å². The minimum Gasteiger partial charge on any atom is -0.313 e. The standard InChI is InChI=1S/C15H23N/c1-4-5-9-12-16-14(3)13(2)15-10-7-6-8-11-15/h4-8,10-11,13-14,16H,9,12H2,1-3H3/b5-4+. The summed E-state index contributed by atoms with van der Waals surface area (Å²) < 4.78 is 0. The van der Waals surface area contributed by atoms with E-state index in [-0.39, 0.29) is 0 Å². The molecule has 88 valence electrons. The Balaban J connectivity index is 2.39. The van der Waals surface area contributed by atoms with Crippen LogP contribution in [0.4, 0.5) is 0 Å². The van der Waals surface area contributed by atoms with E-state index >= 15 is 0 Å². The molecule has 0 saturated heterocycles.